The highest BCUT2D eigenvalue weighted by Crippen LogP contribution is 2.27. The predicted molar refractivity (Wildman–Crippen MR) is 114 cm³/mol. The normalized spacial score (nSPS) is 10.3. The fraction of sp³-hybridized carbons (Fsp3) is 0.217. The summed E-state index contributed by atoms with van der Waals surface area (Å²) < 4.78 is 10.5. The molecule has 0 aliphatic rings. The zero-order chi connectivity index (χ0) is 20.6. The van der Waals surface area contributed by atoms with E-state index in [1.165, 1.54) is 5.56 Å². The molecule has 0 spiro atoms. The summed E-state index contributed by atoms with van der Waals surface area (Å²) in [7, 11) is 5.14. The van der Waals surface area contributed by atoms with E-state index in [-0.39, 0.29) is 5.91 Å². The SMILES string of the molecule is COc1ccc(CNC(=O)c2ccnc(N(C)Cc3ccccc3)c2)cc1OC. The van der Waals surface area contributed by atoms with Gasteiger partial charge >= 0.3 is 0 Å². The summed E-state index contributed by atoms with van der Waals surface area (Å²) in [5.41, 5.74) is 2.67. The molecule has 0 unspecified atom stereocenters. The van der Waals surface area contributed by atoms with Gasteiger partial charge < -0.3 is 19.7 Å². The monoisotopic (exact) mass is 391 g/mol. The number of benzene rings is 2. The molecule has 3 aromatic rings. The first-order valence-corrected chi connectivity index (χ1v) is 9.31. The van der Waals surface area contributed by atoms with Crippen LogP contribution in [-0.4, -0.2) is 32.2 Å². The summed E-state index contributed by atoms with van der Waals surface area (Å²) >= 11 is 0. The summed E-state index contributed by atoms with van der Waals surface area (Å²) in [5.74, 6) is 1.87. The zero-order valence-corrected chi connectivity index (χ0v) is 16.9. The molecule has 0 saturated carbocycles. The van der Waals surface area contributed by atoms with E-state index in [4.69, 9.17) is 9.47 Å². The van der Waals surface area contributed by atoms with E-state index in [9.17, 15) is 4.79 Å². The van der Waals surface area contributed by atoms with Gasteiger partial charge in [0.25, 0.3) is 5.91 Å². The fourth-order valence-corrected chi connectivity index (χ4v) is 2.98. The van der Waals surface area contributed by atoms with Crippen LogP contribution in [-0.2, 0) is 13.1 Å². The van der Waals surface area contributed by atoms with Crippen molar-refractivity contribution in [2.45, 2.75) is 13.1 Å². The predicted octanol–water partition coefficient (Wildman–Crippen LogP) is 3.67. The standard InChI is InChI=1S/C23H25N3O3/c1-26(16-17-7-5-4-6-8-17)22-14-19(11-12-24-22)23(27)25-15-18-9-10-20(28-2)21(13-18)29-3/h4-14H,15-16H2,1-3H3,(H,25,27). The van der Waals surface area contributed by atoms with Gasteiger partial charge in [-0.1, -0.05) is 36.4 Å². The number of methoxy groups -OCH3 is 2. The van der Waals surface area contributed by atoms with Gasteiger partial charge in [-0.05, 0) is 35.4 Å². The van der Waals surface area contributed by atoms with Gasteiger partial charge in [-0.3, -0.25) is 4.79 Å². The highest BCUT2D eigenvalue weighted by molar-refractivity contribution is 5.94. The van der Waals surface area contributed by atoms with Crippen LogP contribution < -0.4 is 19.7 Å². The third-order valence-electron chi connectivity index (χ3n) is 4.56. The summed E-state index contributed by atoms with van der Waals surface area (Å²) in [6.45, 7) is 1.10. The van der Waals surface area contributed by atoms with Crippen molar-refractivity contribution in [1.29, 1.82) is 0 Å². The maximum absolute atomic E-state index is 12.6. The first kappa shape index (κ1) is 20.2. The second-order valence-corrected chi connectivity index (χ2v) is 6.62. The zero-order valence-electron chi connectivity index (χ0n) is 16.9. The number of pyridine rings is 1. The molecule has 6 nitrogen and oxygen atoms in total. The Labute approximate surface area is 171 Å². The van der Waals surface area contributed by atoms with Gasteiger partial charge in [0.2, 0.25) is 0 Å². The number of carbonyl (C=O) groups is 1. The van der Waals surface area contributed by atoms with E-state index in [2.05, 4.69) is 22.4 Å². The molecule has 150 valence electrons. The van der Waals surface area contributed by atoms with Crippen molar-refractivity contribution in [1.82, 2.24) is 10.3 Å². The van der Waals surface area contributed by atoms with Crippen LogP contribution in [0.3, 0.4) is 0 Å². The van der Waals surface area contributed by atoms with E-state index < -0.39 is 0 Å². The largest absolute Gasteiger partial charge is 0.493 e. The van der Waals surface area contributed by atoms with Crippen LogP contribution in [0.4, 0.5) is 5.82 Å². The molecule has 0 bridgehead atoms. The Kier molecular flexibility index (Phi) is 6.68. The topological polar surface area (TPSA) is 63.7 Å². The number of rotatable bonds is 8. The Hall–Kier alpha value is -3.54. The van der Waals surface area contributed by atoms with Gasteiger partial charge in [-0.2, -0.15) is 0 Å². The van der Waals surface area contributed by atoms with Crippen LogP contribution in [0.15, 0.2) is 66.9 Å². The molecule has 2 aromatic carbocycles. The lowest BCUT2D eigenvalue weighted by molar-refractivity contribution is 0.0951. The highest BCUT2D eigenvalue weighted by atomic mass is 16.5. The Bertz CT molecular complexity index is 961. The summed E-state index contributed by atoms with van der Waals surface area (Å²) in [5, 5.41) is 2.94. The molecule has 0 saturated heterocycles. The Morgan fingerprint density at radius 3 is 2.45 bits per heavy atom. The van der Waals surface area contributed by atoms with Gasteiger partial charge in [0.1, 0.15) is 5.82 Å². The number of nitrogens with one attached hydrogen (secondary N) is 1. The van der Waals surface area contributed by atoms with Gasteiger partial charge in [0, 0.05) is 31.9 Å². The van der Waals surface area contributed by atoms with Crippen molar-refractivity contribution in [2.24, 2.45) is 0 Å². The van der Waals surface area contributed by atoms with Crippen LogP contribution >= 0.6 is 0 Å². The van der Waals surface area contributed by atoms with Gasteiger partial charge in [0.05, 0.1) is 14.2 Å². The lowest BCUT2D eigenvalue weighted by Crippen LogP contribution is -2.24. The van der Waals surface area contributed by atoms with E-state index >= 15 is 0 Å². The van der Waals surface area contributed by atoms with Gasteiger partial charge in [-0.25, -0.2) is 4.98 Å². The number of hydrogen-bond acceptors (Lipinski definition) is 5. The molecule has 1 amide bonds. The first-order chi connectivity index (χ1) is 14.1. The number of carbonyl (C=O) groups excluding carboxylic acids is 1. The molecule has 29 heavy (non-hydrogen) atoms. The molecule has 1 heterocycles. The third kappa shape index (κ3) is 5.25. The number of ether oxygens (including phenoxy) is 2. The quantitative estimate of drug-likeness (QED) is 0.635. The number of anilines is 1. The second kappa shape index (κ2) is 9.59. The summed E-state index contributed by atoms with van der Waals surface area (Å²) in [6.07, 6.45) is 1.65. The molecular formula is C23H25N3O3. The molecule has 0 fully saturated rings. The Morgan fingerprint density at radius 1 is 0.966 bits per heavy atom. The first-order valence-electron chi connectivity index (χ1n) is 9.31. The highest BCUT2D eigenvalue weighted by Gasteiger charge is 2.11. The number of aromatic nitrogens is 1. The van der Waals surface area contributed by atoms with Crippen molar-refractivity contribution in [3.8, 4) is 11.5 Å². The molecule has 1 N–H and O–H groups in total. The van der Waals surface area contributed by atoms with E-state index in [0.29, 0.717) is 30.2 Å². The molecule has 3 rings (SSSR count). The lowest BCUT2D eigenvalue weighted by Gasteiger charge is -2.18. The molecule has 1 aromatic heterocycles. The van der Waals surface area contributed by atoms with Gasteiger partial charge in [0.15, 0.2) is 11.5 Å². The van der Waals surface area contributed by atoms with Crippen LogP contribution in [0.5, 0.6) is 11.5 Å². The van der Waals surface area contributed by atoms with Crippen molar-refractivity contribution in [3.63, 3.8) is 0 Å². The minimum atomic E-state index is -0.156. The van der Waals surface area contributed by atoms with Crippen molar-refractivity contribution < 1.29 is 14.3 Å². The van der Waals surface area contributed by atoms with Crippen molar-refractivity contribution in [3.05, 3.63) is 83.6 Å². The number of nitrogens with zero attached hydrogens (tertiary/aromatic N) is 2. The smallest absolute Gasteiger partial charge is 0.251 e. The molecule has 0 aliphatic carbocycles. The van der Waals surface area contributed by atoms with Crippen molar-refractivity contribution in [2.75, 3.05) is 26.2 Å². The fourth-order valence-electron chi connectivity index (χ4n) is 2.98. The lowest BCUT2D eigenvalue weighted by atomic mass is 10.2. The van der Waals surface area contributed by atoms with Crippen molar-refractivity contribution >= 4 is 11.7 Å². The molecular weight excluding hydrogens is 366 g/mol. The maximum Gasteiger partial charge on any atom is 0.251 e. The summed E-state index contributed by atoms with van der Waals surface area (Å²) in [6, 6.07) is 19.2. The minimum Gasteiger partial charge on any atom is -0.493 e. The number of amides is 1. The maximum atomic E-state index is 12.6. The molecule has 0 radical (unpaired) electrons. The van der Waals surface area contributed by atoms with Crippen LogP contribution in [0.1, 0.15) is 21.5 Å². The summed E-state index contributed by atoms with van der Waals surface area (Å²) in [4.78, 5) is 19.0. The van der Waals surface area contributed by atoms with Gasteiger partial charge in [-0.15, -0.1) is 0 Å². The average Bonchev–Trinajstić information content (AvgIpc) is 2.78. The third-order valence-corrected chi connectivity index (χ3v) is 4.56. The molecule has 0 aliphatic heterocycles. The minimum absolute atomic E-state index is 0.156. The van der Waals surface area contributed by atoms with Crippen LogP contribution in [0, 0.1) is 0 Å². The Balaban J connectivity index is 1.65. The molecule has 6 heteroatoms. The Morgan fingerprint density at radius 2 is 1.72 bits per heavy atom. The van der Waals surface area contributed by atoms with Crippen LogP contribution in [0.25, 0.3) is 0 Å². The van der Waals surface area contributed by atoms with Crippen LogP contribution in [0.2, 0.25) is 0 Å². The molecule has 0 atom stereocenters. The average molecular weight is 391 g/mol. The van der Waals surface area contributed by atoms with E-state index in [0.717, 1.165) is 11.4 Å². The van der Waals surface area contributed by atoms with E-state index in [1.807, 2.05) is 48.3 Å². The second-order valence-electron chi connectivity index (χ2n) is 6.62. The van der Waals surface area contributed by atoms with E-state index in [1.54, 1.807) is 32.5 Å². The number of hydrogen-bond donors (Lipinski definition) is 1.